The van der Waals surface area contributed by atoms with Gasteiger partial charge < -0.3 is 4.90 Å². The molecule has 0 saturated carbocycles. The van der Waals surface area contributed by atoms with Crippen molar-refractivity contribution < 1.29 is 16.8 Å². The standard InChI is InChI=1S/C3H9N.C3H8O4S/c1-4(2)3;1-3-7-8(4,5)6-2/h1-3H3;3H2,1-2H3. The Morgan fingerprint density at radius 3 is 1.67 bits per heavy atom. The van der Waals surface area contributed by atoms with E-state index in [0.717, 1.165) is 7.11 Å². The van der Waals surface area contributed by atoms with Crippen LogP contribution in [-0.4, -0.2) is 48.2 Å². The number of hydrogen-bond donors (Lipinski definition) is 0. The second-order valence-corrected chi connectivity index (χ2v) is 3.71. The van der Waals surface area contributed by atoms with Crippen LogP contribution in [0.3, 0.4) is 0 Å². The van der Waals surface area contributed by atoms with Crippen LogP contribution in [0, 0.1) is 0 Å². The third-order valence-corrected chi connectivity index (χ3v) is 1.40. The first-order valence-electron chi connectivity index (χ1n) is 3.41. The fourth-order valence-electron chi connectivity index (χ4n) is 0.192. The summed E-state index contributed by atoms with van der Waals surface area (Å²) in [5.74, 6) is 0. The molecule has 0 aromatic rings. The van der Waals surface area contributed by atoms with E-state index in [9.17, 15) is 8.42 Å². The molecule has 76 valence electrons. The van der Waals surface area contributed by atoms with Gasteiger partial charge in [0.05, 0.1) is 13.7 Å². The molecule has 0 atom stereocenters. The number of hydrogen-bond acceptors (Lipinski definition) is 5. The Hall–Kier alpha value is -0.170. The minimum absolute atomic E-state index is 0.107. The van der Waals surface area contributed by atoms with E-state index in [1.807, 2.05) is 26.0 Å². The van der Waals surface area contributed by atoms with E-state index in [2.05, 4.69) is 8.37 Å². The van der Waals surface area contributed by atoms with Gasteiger partial charge >= 0.3 is 10.4 Å². The maximum atomic E-state index is 10.2. The van der Waals surface area contributed by atoms with Crippen LogP contribution in [0.4, 0.5) is 0 Å². The summed E-state index contributed by atoms with van der Waals surface area (Å²) in [5.41, 5.74) is 0. The van der Waals surface area contributed by atoms with E-state index in [1.165, 1.54) is 0 Å². The molecule has 0 bridgehead atoms. The molecule has 0 rings (SSSR count). The molecule has 0 spiro atoms. The monoisotopic (exact) mass is 199 g/mol. The SMILES string of the molecule is CCOS(=O)(=O)OC.CN(C)C. The summed E-state index contributed by atoms with van der Waals surface area (Å²) in [7, 11) is 3.38. The van der Waals surface area contributed by atoms with E-state index < -0.39 is 10.4 Å². The number of rotatable bonds is 3. The van der Waals surface area contributed by atoms with Crippen molar-refractivity contribution in [2.45, 2.75) is 6.92 Å². The summed E-state index contributed by atoms with van der Waals surface area (Å²) in [6.45, 7) is 1.67. The fraction of sp³-hybridized carbons (Fsp3) is 1.00. The predicted molar refractivity (Wildman–Crippen MR) is 47.2 cm³/mol. The van der Waals surface area contributed by atoms with Crippen molar-refractivity contribution in [1.82, 2.24) is 4.90 Å². The van der Waals surface area contributed by atoms with Crippen molar-refractivity contribution in [2.75, 3.05) is 34.9 Å². The molecule has 0 N–H and O–H groups in total. The molecule has 0 saturated heterocycles. The highest BCUT2D eigenvalue weighted by Crippen LogP contribution is 1.89. The Labute approximate surface area is 74.6 Å². The minimum atomic E-state index is -3.67. The normalized spacial score (nSPS) is 10.8. The van der Waals surface area contributed by atoms with Crippen LogP contribution in [0.25, 0.3) is 0 Å². The van der Waals surface area contributed by atoms with Crippen LogP contribution >= 0.6 is 0 Å². The summed E-state index contributed by atoms with van der Waals surface area (Å²) in [4.78, 5) is 2.00. The molecule has 5 nitrogen and oxygen atoms in total. The third-order valence-electron chi connectivity index (χ3n) is 0.466. The Morgan fingerprint density at radius 1 is 1.25 bits per heavy atom. The first kappa shape index (κ1) is 14.4. The van der Waals surface area contributed by atoms with Crippen molar-refractivity contribution in [1.29, 1.82) is 0 Å². The highest BCUT2D eigenvalue weighted by Gasteiger charge is 2.04. The smallest absolute Gasteiger partial charge is 0.312 e. The summed E-state index contributed by atoms with van der Waals surface area (Å²) in [5, 5.41) is 0. The van der Waals surface area contributed by atoms with Crippen LogP contribution in [0.15, 0.2) is 0 Å². The first-order chi connectivity index (χ1) is 5.35. The van der Waals surface area contributed by atoms with Crippen LogP contribution in [0.1, 0.15) is 6.92 Å². The summed E-state index contributed by atoms with van der Waals surface area (Å²) >= 11 is 0. The first-order valence-corrected chi connectivity index (χ1v) is 4.75. The molecular weight excluding hydrogens is 182 g/mol. The summed E-state index contributed by atoms with van der Waals surface area (Å²) in [6.07, 6.45) is 0. The lowest BCUT2D eigenvalue weighted by molar-refractivity contribution is 0.254. The predicted octanol–water partition coefficient (Wildman–Crippen LogP) is 0.0919. The second kappa shape index (κ2) is 7.48. The fourth-order valence-corrected chi connectivity index (χ4v) is 0.577. The molecule has 12 heavy (non-hydrogen) atoms. The Morgan fingerprint density at radius 2 is 1.58 bits per heavy atom. The van der Waals surface area contributed by atoms with Crippen molar-refractivity contribution >= 4 is 10.4 Å². The van der Waals surface area contributed by atoms with Crippen LogP contribution < -0.4 is 0 Å². The molecule has 0 unspecified atom stereocenters. The van der Waals surface area contributed by atoms with Gasteiger partial charge in [-0.3, -0.25) is 4.18 Å². The van der Waals surface area contributed by atoms with E-state index in [1.54, 1.807) is 6.92 Å². The average molecular weight is 199 g/mol. The molecule has 0 fully saturated rings. The molecule has 0 aromatic carbocycles. The van der Waals surface area contributed by atoms with Crippen LogP contribution in [0.5, 0.6) is 0 Å². The maximum absolute atomic E-state index is 10.2. The molecule has 0 aromatic heterocycles. The molecule has 6 heteroatoms. The number of nitrogens with zero attached hydrogens (tertiary/aromatic N) is 1. The Bertz CT molecular complexity index is 173. The highest BCUT2D eigenvalue weighted by atomic mass is 32.3. The maximum Gasteiger partial charge on any atom is 0.399 e. The molecule has 0 amide bonds. The molecule has 0 heterocycles. The van der Waals surface area contributed by atoms with E-state index >= 15 is 0 Å². The second-order valence-electron chi connectivity index (χ2n) is 2.32. The zero-order valence-corrected chi connectivity index (χ0v) is 9.01. The van der Waals surface area contributed by atoms with Gasteiger partial charge in [-0.25, -0.2) is 4.18 Å². The largest absolute Gasteiger partial charge is 0.399 e. The van der Waals surface area contributed by atoms with Crippen LogP contribution in [-0.2, 0) is 18.8 Å². The van der Waals surface area contributed by atoms with Gasteiger partial charge in [0.2, 0.25) is 0 Å². The van der Waals surface area contributed by atoms with Gasteiger partial charge in [-0.2, -0.15) is 8.42 Å². The van der Waals surface area contributed by atoms with Crippen molar-refractivity contribution in [3.63, 3.8) is 0 Å². The van der Waals surface area contributed by atoms with Gasteiger partial charge in [0.15, 0.2) is 0 Å². The van der Waals surface area contributed by atoms with E-state index in [0.29, 0.717) is 0 Å². The molecule has 0 aliphatic rings. The van der Waals surface area contributed by atoms with Crippen molar-refractivity contribution in [2.24, 2.45) is 0 Å². The van der Waals surface area contributed by atoms with E-state index in [4.69, 9.17) is 0 Å². The molecule has 0 radical (unpaired) electrons. The van der Waals surface area contributed by atoms with E-state index in [-0.39, 0.29) is 6.61 Å². The topological polar surface area (TPSA) is 55.8 Å². The highest BCUT2D eigenvalue weighted by molar-refractivity contribution is 7.81. The van der Waals surface area contributed by atoms with Crippen molar-refractivity contribution in [3.05, 3.63) is 0 Å². The quantitative estimate of drug-likeness (QED) is 0.645. The van der Waals surface area contributed by atoms with Gasteiger partial charge in [-0.15, -0.1) is 0 Å². The van der Waals surface area contributed by atoms with Crippen molar-refractivity contribution in [3.8, 4) is 0 Å². The van der Waals surface area contributed by atoms with Gasteiger partial charge in [0.25, 0.3) is 0 Å². The molecule has 0 aliphatic carbocycles. The lowest BCUT2D eigenvalue weighted by Crippen LogP contribution is -2.06. The third kappa shape index (κ3) is 16.4. The zero-order valence-electron chi connectivity index (χ0n) is 8.20. The lowest BCUT2D eigenvalue weighted by atomic mass is 10.9. The summed E-state index contributed by atoms with van der Waals surface area (Å²) in [6, 6.07) is 0. The van der Waals surface area contributed by atoms with Crippen LogP contribution in [0.2, 0.25) is 0 Å². The molecule has 0 aliphatic heterocycles. The molecular formula is C6H17NO4S. The van der Waals surface area contributed by atoms with Gasteiger partial charge in [-0.05, 0) is 28.1 Å². The van der Waals surface area contributed by atoms with Gasteiger partial charge in [0.1, 0.15) is 0 Å². The summed E-state index contributed by atoms with van der Waals surface area (Å²) < 4.78 is 28.4. The lowest BCUT2D eigenvalue weighted by Gasteiger charge is -1.95. The van der Waals surface area contributed by atoms with Gasteiger partial charge in [-0.1, -0.05) is 0 Å². The minimum Gasteiger partial charge on any atom is -0.312 e. The zero-order chi connectivity index (χ0) is 10.2. The Balaban J connectivity index is 0. The average Bonchev–Trinajstić information content (AvgIpc) is 1.86. The van der Waals surface area contributed by atoms with Gasteiger partial charge in [0, 0.05) is 0 Å². The Kier molecular flexibility index (Phi) is 8.95.